The summed E-state index contributed by atoms with van der Waals surface area (Å²) in [4.78, 5) is 4.25. The highest BCUT2D eigenvalue weighted by Gasteiger charge is 2.12. The fraction of sp³-hybridized carbons (Fsp3) is 0.105. The first-order valence-corrected chi connectivity index (χ1v) is 7.35. The fourth-order valence-electron chi connectivity index (χ4n) is 2.51. The molecule has 4 heteroatoms. The van der Waals surface area contributed by atoms with Crippen molar-refractivity contribution in [3.05, 3.63) is 77.4 Å². The summed E-state index contributed by atoms with van der Waals surface area (Å²) in [6.07, 6.45) is 3.55. The molecule has 2 heterocycles. The molecule has 112 valence electrons. The molecule has 0 aliphatic carbocycles. The smallest absolute Gasteiger partial charge is 0.101 e. The van der Waals surface area contributed by atoms with Crippen molar-refractivity contribution in [1.29, 1.82) is 5.26 Å². The Hall–Kier alpha value is -3.19. The van der Waals surface area contributed by atoms with E-state index in [1.807, 2.05) is 73.1 Å². The third-order valence-electron chi connectivity index (χ3n) is 3.70. The van der Waals surface area contributed by atoms with Gasteiger partial charge in [-0.1, -0.05) is 24.3 Å². The predicted octanol–water partition coefficient (Wildman–Crippen LogP) is 3.95. The summed E-state index contributed by atoms with van der Waals surface area (Å²) in [5, 5.41) is 14.1. The molecule has 0 N–H and O–H groups in total. The highest BCUT2D eigenvalue weighted by atomic mass is 15.3. The Labute approximate surface area is 135 Å². The molecule has 0 saturated heterocycles. The van der Waals surface area contributed by atoms with Crippen LogP contribution in [0.2, 0.25) is 0 Å². The second-order valence-corrected chi connectivity index (χ2v) is 5.22. The Balaban J connectivity index is 2.09. The van der Waals surface area contributed by atoms with Crippen molar-refractivity contribution >= 4 is 11.6 Å². The van der Waals surface area contributed by atoms with Gasteiger partial charge in [0.15, 0.2) is 0 Å². The summed E-state index contributed by atoms with van der Waals surface area (Å²) >= 11 is 0. The number of aromatic nitrogens is 3. The standard InChI is InChI=1S/C19H16N4/c1-14-18(12-16(13-20)19-10-6-7-11-21-19)15(2)23(22-14)17-8-4-3-5-9-17/h3-12H,1-2H3. The molecule has 0 saturated carbocycles. The van der Waals surface area contributed by atoms with Gasteiger partial charge < -0.3 is 0 Å². The zero-order valence-electron chi connectivity index (χ0n) is 13.1. The van der Waals surface area contributed by atoms with Gasteiger partial charge in [-0.3, -0.25) is 4.98 Å². The first-order valence-electron chi connectivity index (χ1n) is 7.35. The van der Waals surface area contributed by atoms with E-state index in [4.69, 9.17) is 0 Å². The van der Waals surface area contributed by atoms with Crippen molar-refractivity contribution in [2.75, 3.05) is 0 Å². The lowest BCUT2D eigenvalue weighted by molar-refractivity contribution is 0.833. The average molecular weight is 300 g/mol. The fourth-order valence-corrected chi connectivity index (χ4v) is 2.51. The van der Waals surface area contributed by atoms with E-state index >= 15 is 0 Å². The van der Waals surface area contributed by atoms with Crippen LogP contribution in [0.1, 0.15) is 22.6 Å². The van der Waals surface area contributed by atoms with Crippen LogP contribution >= 0.6 is 0 Å². The van der Waals surface area contributed by atoms with Crippen LogP contribution in [-0.4, -0.2) is 14.8 Å². The van der Waals surface area contributed by atoms with Gasteiger partial charge in [-0.25, -0.2) is 4.68 Å². The molecule has 0 atom stereocenters. The molecule has 1 aromatic carbocycles. The second kappa shape index (κ2) is 6.29. The molecule has 3 aromatic rings. The van der Waals surface area contributed by atoms with E-state index in [-0.39, 0.29) is 0 Å². The number of hydrogen-bond acceptors (Lipinski definition) is 3. The largest absolute Gasteiger partial charge is 0.256 e. The van der Waals surface area contributed by atoms with Crippen LogP contribution in [0.5, 0.6) is 0 Å². The van der Waals surface area contributed by atoms with Crippen LogP contribution in [-0.2, 0) is 0 Å². The van der Waals surface area contributed by atoms with Gasteiger partial charge in [0.25, 0.3) is 0 Å². The topological polar surface area (TPSA) is 54.5 Å². The van der Waals surface area contributed by atoms with Crippen molar-refractivity contribution in [3.8, 4) is 11.8 Å². The number of nitriles is 1. The Morgan fingerprint density at radius 2 is 1.83 bits per heavy atom. The maximum atomic E-state index is 9.46. The summed E-state index contributed by atoms with van der Waals surface area (Å²) in [5.74, 6) is 0. The lowest BCUT2D eigenvalue weighted by atomic mass is 10.1. The minimum absolute atomic E-state index is 0.532. The van der Waals surface area contributed by atoms with E-state index in [0.29, 0.717) is 11.3 Å². The lowest BCUT2D eigenvalue weighted by Crippen LogP contribution is -1.98. The highest BCUT2D eigenvalue weighted by molar-refractivity contribution is 5.89. The Kier molecular flexibility index (Phi) is 4.03. The van der Waals surface area contributed by atoms with E-state index in [2.05, 4.69) is 16.2 Å². The summed E-state index contributed by atoms with van der Waals surface area (Å²) < 4.78 is 1.90. The Morgan fingerprint density at radius 1 is 1.09 bits per heavy atom. The van der Waals surface area contributed by atoms with E-state index in [1.165, 1.54) is 0 Å². The lowest BCUT2D eigenvalue weighted by Gasteiger charge is -2.04. The van der Waals surface area contributed by atoms with Gasteiger partial charge in [-0.15, -0.1) is 0 Å². The SMILES string of the molecule is Cc1nn(-c2ccccc2)c(C)c1C=C(C#N)c1ccccn1. The number of aryl methyl sites for hydroxylation is 1. The van der Waals surface area contributed by atoms with E-state index in [1.54, 1.807) is 6.20 Å². The number of hydrogen-bond donors (Lipinski definition) is 0. The van der Waals surface area contributed by atoms with Gasteiger partial charge >= 0.3 is 0 Å². The van der Waals surface area contributed by atoms with Gasteiger partial charge in [0.2, 0.25) is 0 Å². The third-order valence-corrected chi connectivity index (χ3v) is 3.70. The first-order chi connectivity index (χ1) is 11.2. The van der Waals surface area contributed by atoms with Crippen LogP contribution < -0.4 is 0 Å². The zero-order chi connectivity index (χ0) is 16.2. The zero-order valence-corrected chi connectivity index (χ0v) is 13.1. The summed E-state index contributed by atoms with van der Waals surface area (Å²) in [7, 11) is 0. The number of nitrogens with zero attached hydrogens (tertiary/aromatic N) is 4. The molecule has 0 bridgehead atoms. The van der Waals surface area contributed by atoms with E-state index < -0.39 is 0 Å². The summed E-state index contributed by atoms with van der Waals surface area (Å²) in [6.45, 7) is 3.96. The van der Waals surface area contributed by atoms with Crippen LogP contribution in [0.25, 0.3) is 17.3 Å². The minimum atomic E-state index is 0.532. The molecule has 0 spiro atoms. The maximum Gasteiger partial charge on any atom is 0.101 e. The maximum absolute atomic E-state index is 9.46. The van der Waals surface area contributed by atoms with Gasteiger partial charge in [0, 0.05) is 17.5 Å². The molecular weight excluding hydrogens is 284 g/mol. The van der Waals surface area contributed by atoms with Crippen LogP contribution in [0.4, 0.5) is 0 Å². The van der Waals surface area contributed by atoms with Crippen LogP contribution in [0.15, 0.2) is 54.7 Å². The van der Waals surface area contributed by atoms with E-state index in [9.17, 15) is 5.26 Å². The highest BCUT2D eigenvalue weighted by Crippen LogP contribution is 2.23. The minimum Gasteiger partial charge on any atom is -0.256 e. The first kappa shape index (κ1) is 14.7. The van der Waals surface area contributed by atoms with Gasteiger partial charge in [-0.2, -0.15) is 10.4 Å². The quantitative estimate of drug-likeness (QED) is 0.688. The number of pyridine rings is 1. The molecule has 3 rings (SSSR count). The molecule has 0 aliphatic rings. The van der Waals surface area contributed by atoms with Crippen molar-refractivity contribution in [1.82, 2.24) is 14.8 Å². The molecule has 0 aliphatic heterocycles. The van der Waals surface area contributed by atoms with Gasteiger partial charge in [0.05, 0.1) is 22.6 Å². The second-order valence-electron chi connectivity index (χ2n) is 5.22. The Morgan fingerprint density at radius 3 is 2.48 bits per heavy atom. The summed E-state index contributed by atoms with van der Waals surface area (Å²) in [5.41, 5.74) is 5.04. The number of para-hydroxylation sites is 1. The Bertz CT molecular complexity index is 884. The molecular formula is C19H16N4. The predicted molar refractivity (Wildman–Crippen MR) is 90.8 cm³/mol. The van der Waals surface area contributed by atoms with Crippen molar-refractivity contribution in [2.24, 2.45) is 0 Å². The molecule has 0 fully saturated rings. The van der Waals surface area contributed by atoms with Gasteiger partial charge in [-0.05, 0) is 44.2 Å². The number of rotatable bonds is 3. The monoisotopic (exact) mass is 300 g/mol. The third kappa shape index (κ3) is 2.90. The molecule has 2 aromatic heterocycles. The number of benzene rings is 1. The summed E-state index contributed by atoms with van der Waals surface area (Å²) in [6, 6.07) is 17.7. The molecule has 0 unspecified atom stereocenters. The van der Waals surface area contributed by atoms with E-state index in [0.717, 1.165) is 22.6 Å². The molecule has 0 radical (unpaired) electrons. The van der Waals surface area contributed by atoms with Crippen molar-refractivity contribution in [2.45, 2.75) is 13.8 Å². The van der Waals surface area contributed by atoms with Crippen LogP contribution in [0, 0.1) is 25.2 Å². The molecule has 23 heavy (non-hydrogen) atoms. The van der Waals surface area contributed by atoms with Gasteiger partial charge in [0.1, 0.15) is 6.07 Å². The number of allylic oxidation sites excluding steroid dienone is 1. The molecule has 0 amide bonds. The van der Waals surface area contributed by atoms with Crippen LogP contribution in [0.3, 0.4) is 0 Å². The van der Waals surface area contributed by atoms with Crippen molar-refractivity contribution in [3.63, 3.8) is 0 Å². The van der Waals surface area contributed by atoms with Crippen molar-refractivity contribution < 1.29 is 0 Å². The molecule has 4 nitrogen and oxygen atoms in total. The average Bonchev–Trinajstić information content (AvgIpc) is 2.88. The normalized spacial score (nSPS) is 11.3.